The van der Waals surface area contributed by atoms with Crippen molar-refractivity contribution in [1.82, 2.24) is 15.2 Å². The molecule has 0 unspecified atom stereocenters. The smallest absolute Gasteiger partial charge is 0.234 e. The van der Waals surface area contributed by atoms with Gasteiger partial charge in [-0.1, -0.05) is 48.5 Å². The summed E-state index contributed by atoms with van der Waals surface area (Å²) in [5.41, 5.74) is 2.33. The van der Waals surface area contributed by atoms with Crippen LogP contribution in [-0.2, 0) is 17.8 Å². The zero-order valence-electron chi connectivity index (χ0n) is 18.3. The third-order valence-electron chi connectivity index (χ3n) is 5.62. The Bertz CT molecular complexity index is 956. The number of amides is 1. The Morgan fingerprint density at radius 2 is 1.62 bits per heavy atom. The van der Waals surface area contributed by atoms with Gasteiger partial charge in [-0.2, -0.15) is 0 Å². The Hall–Kier alpha value is -3.38. The molecule has 0 saturated carbocycles. The van der Waals surface area contributed by atoms with Crippen LogP contribution in [-0.4, -0.2) is 55.1 Å². The molecular weight excluding hydrogens is 400 g/mol. The van der Waals surface area contributed by atoms with Crippen molar-refractivity contribution in [3.05, 3.63) is 90.1 Å². The van der Waals surface area contributed by atoms with Gasteiger partial charge in [0.2, 0.25) is 5.91 Å². The van der Waals surface area contributed by atoms with Crippen molar-refractivity contribution in [1.29, 1.82) is 0 Å². The van der Waals surface area contributed by atoms with Crippen molar-refractivity contribution >= 4 is 11.7 Å². The molecule has 166 valence electrons. The summed E-state index contributed by atoms with van der Waals surface area (Å²) in [6.07, 6.45) is 2.62. The molecule has 1 aliphatic heterocycles. The number of ether oxygens (including phenoxy) is 1. The number of pyridine rings is 1. The molecule has 2 aromatic carbocycles. The highest BCUT2D eigenvalue weighted by Crippen LogP contribution is 2.15. The summed E-state index contributed by atoms with van der Waals surface area (Å²) < 4.78 is 5.83. The van der Waals surface area contributed by atoms with E-state index < -0.39 is 0 Å². The maximum absolute atomic E-state index is 12.3. The predicted octanol–water partition coefficient (Wildman–Crippen LogP) is 3.14. The molecule has 0 aliphatic carbocycles. The number of nitrogens with one attached hydrogen (secondary N) is 1. The molecule has 1 fully saturated rings. The Morgan fingerprint density at radius 3 is 2.34 bits per heavy atom. The maximum atomic E-state index is 12.3. The quantitative estimate of drug-likeness (QED) is 0.565. The molecule has 1 N–H and O–H groups in total. The van der Waals surface area contributed by atoms with Crippen molar-refractivity contribution < 1.29 is 9.53 Å². The van der Waals surface area contributed by atoms with Gasteiger partial charge in [-0.15, -0.1) is 0 Å². The van der Waals surface area contributed by atoms with Gasteiger partial charge in [0.15, 0.2) is 0 Å². The minimum atomic E-state index is 0.0825. The summed E-state index contributed by atoms with van der Waals surface area (Å²) in [5, 5.41) is 3.04. The lowest BCUT2D eigenvalue weighted by atomic mass is 10.1. The topological polar surface area (TPSA) is 57.7 Å². The second-order valence-electron chi connectivity index (χ2n) is 7.97. The monoisotopic (exact) mass is 430 g/mol. The fourth-order valence-corrected chi connectivity index (χ4v) is 3.77. The fourth-order valence-electron chi connectivity index (χ4n) is 3.77. The van der Waals surface area contributed by atoms with E-state index in [9.17, 15) is 4.79 Å². The summed E-state index contributed by atoms with van der Waals surface area (Å²) >= 11 is 0. The molecule has 2 heterocycles. The van der Waals surface area contributed by atoms with E-state index in [1.165, 1.54) is 5.56 Å². The van der Waals surface area contributed by atoms with Gasteiger partial charge in [-0.3, -0.25) is 9.69 Å². The first-order valence-corrected chi connectivity index (χ1v) is 11.2. The Balaban J connectivity index is 1.12. The van der Waals surface area contributed by atoms with Gasteiger partial charge in [0.25, 0.3) is 0 Å². The summed E-state index contributed by atoms with van der Waals surface area (Å²) in [5.74, 6) is 1.94. The van der Waals surface area contributed by atoms with E-state index >= 15 is 0 Å². The van der Waals surface area contributed by atoms with Crippen LogP contribution in [0.15, 0.2) is 79.0 Å². The molecule has 6 heteroatoms. The highest BCUT2D eigenvalue weighted by Gasteiger charge is 2.19. The van der Waals surface area contributed by atoms with Gasteiger partial charge >= 0.3 is 0 Å². The molecule has 1 aliphatic rings. The number of carbonyl (C=O) groups excluding carboxylic acids is 1. The van der Waals surface area contributed by atoms with Crippen LogP contribution in [0.4, 0.5) is 5.82 Å². The number of rotatable bonds is 9. The molecule has 0 bridgehead atoms. The Labute approximate surface area is 189 Å². The largest absolute Gasteiger partial charge is 0.489 e. The van der Waals surface area contributed by atoms with Crippen LogP contribution in [0, 0.1) is 0 Å². The molecule has 32 heavy (non-hydrogen) atoms. The fraction of sp³-hybridized carbons (Fsp3) is 0.308. The molecule has 6 nitrogen and oxygen atoms in total. The number of nitrogens with zero attached hydrogens (tertiary/aromatic N) is 3. The average Bonchev–Trinajstić information content (AvgIpc) is 2.85. The number of hydrogen-bond donors (Lipinski definition) is 1. The van der Waals surface area contributed by atoms with E-state index in [2.05, 4.69) is 44.4 Å². The van der Waals surface area contributed by atoms with Crippen LogP contribution in [0.3, 0.4) is 0 Å². The summed E-state index contributed by atoms with van der Waals surface area (Å²) in [6, 6.07) is 24.2. The molecule has 4 rings (SSSR count). The van der Waals surface area contributed by atoms with Gasteiger partial charge in [0.05, 0.1) is 6.54 Å². The first-order chi connectivity index (χ1) is 15.8. The third kappa shape index (κ3) is 6.56. The molecule has 3 aromatic rings. The highest BCUT2D eigenvalue weighted by molar-refractivity contribution is 5.78. The minimum absolute atomic E-state index is 0.0825. The number of aromatic nitrogens is 1. The average molecular weight is 431 g/mol. The van der Waals surface area contributed by atoms with Gasteiger partial charge in [-0.05, 0) is 41.8 Å². The van der Waals surface area contributed by atoms with Crippen molar-refractivity contribution in [2.24, 2.45) is 0 Å². The number of hydrogen-bond acceptors (Lipinski definition) is 5. The zero-order chi connectivity index (χ0) is 22.0. The van der Waals surface area contributed by atoms with Gasteiger partial charge in [0, 0.05) is 38.9 Å². The zero-order valence-corrected chi connectivity index (χ0v) is 18.3. The number of piperazine rings is 1. The first kappa shape index (κ1) is 21.8. The van der Waals surface area contributed by atoms with Crippen LogP contribution in [0.25, 0.3) is 0 Å². The van der Waals surface area contributed by atoms with E-state index in [4.69, 9.17) is 4.74 Å². The number of benzene rings is 2. The third-order valence-corrected chi connectivity index (χ3v) is 5.62. The summed E-state index contributed by atoms with van der Waals surface area (Å²) in [4.78, 5) is 21.2. The molecular formula is C26H30N4O2. The van der Waals surface area contributed by atoms with E-state index in [0.717, 1.165) is 49.7 Å². The minimum Gasteiger partial charge on any atom is -0.489 e. The standard InChI is InChI=1S/C26H30N4O2/c31-26(20-29-16-18-30(19-17-29)25-8-4-5-14-27-25)28-15-13-22-9-11-24(12-10-22)32-21-23-6-2-1-3-7-23/h1-12,14H,13,15-21H2,(H,28,31). The normalized spacial score (nSPS) is 14.2. The van der Waals surface area contributed by atoms with Gasteiger partial charge in [0.1, 0.15) is 18.2 Å². The Kier molecular flexibility index (Phi) is 7.71. The summed E-state index contributed by atoms with van der Waals surface area (Å²) in [7, 11) is 0. The molecule has 0 spiro atoms. The van der Waals surface area contributed by atoms with Crippen molar-refractivity contribution in [2.45, 2.75) is 13.0 Å². The lowest BCUT2D eigenvalue weighted by Gasteiger charge is -2.34. The van der Waals surface area contributed by atoms with Crippen LogP contribution in [0.2, 0.25) is 0 Å². The highest BCUT2D eigenvalue weighted by atomic mass is 16.5. The first-order valence-electron chi connectivity index (χ1n) is 11.2. The lowest BCUT2D eigenvalue weighted by Crippen LogP contribution is -2.49. The lowest BCUT2D eigenvalue weighted by molar-refractivity contribution is -0.122. The SMILES string of the molecule is O=C(CN1CCN(c2ccccn2)CC1)NCCc1ccc(OCc2ccccc2)cc1. The van der Waals surface area contributed by atoms with E-state index in [1.807, 2.05) is 54.7 Å². The second kappa shape index (κ2) is 11.3. The van der Waals surface area contributed by atoms with Crippen molar-refractivity contribution in [3.63, 3.8) is 0 Å². The number of anilines is 1. The predicted molar refractivity (Wildman–Crippen MR) is 127 cm³/mol. The van der Waals surface area contributed by atoms with Gasteiger partial charge < -0.3 is 15.0 Å². The Morgan fingerprint density at radius 1 is 0.875 bits per heavy atom. The second-order valence-corrected chi connectivity index (χ2v) is 7.97. The van der Waals surface area contributed by atoms with Crippen LogP contribution < -0.4 is 15.0 Å². The van der Waals surface area contributed by atoms with Gasteiger partial charge in [-0.25, -0.2) is 4.98 Å². The van der Waals surface area contributed by atoms with Crippen LogP contribution in [0.1, 0.15) is 11.1 Å². The van der Waals surface area contributed by atoms with Crippen LogP contribution in [0.5, 0.6) is 5.75 Å². The van der Waals surface area contributed by atoms with E-state index in [1.54, 1.807) is 0 Å². The molecule has 1 amide bonds. The maximum Gasteiger partial charge on any atom is 0.234 e. The van der Waals surface area contributed by atoms with Crippen molar-refractivity contribution in [2.75, 3.05) is 44.2 Å². The molecule has 1 aromatic heterocycles. The number of carbonyl (C=O) groups is 1. The van der Waals surface area contributed by atoms with E-state index in [-0.39, 0.29) is 5.91 Å². The van der Waals surface area contributed by atoms with E-state index in [0.29, 0.717) is 19.7 Å². The van der Waals surface area contributed by atoms with Crippen molar-refractivity contribution in [3.8, 4) is 5.75 Å². The molecule has 0 atom stereocenters. The molecule has 0 radical (unpaired) electrons. The van der Waals surface area contributed by atoms with Crippen LogP contribution >= 0.6 is 0 Å². The summed E-state index contributed by atoms with van der Waals surface area (Å²) in [6.45, 7) is 5.17. The molecule has 1 saturated heterocycles.